The van der Waals surface area contributed by atoms with E-state index in [0.717, 1.165) is 45.7 Å². The van der Waals surface area contributed by atoms with Crippen LogP contribution in [0.4, 0.5) is 0 Å². The van der Waals surface area contributed by atoms with E-state index in [-0.39, 0.29) is 5.92 Å². The Balaban J connectivity index is 2.16. The third-order valence-electron chi connectivity index (χ3n) is 2.93. The molecule has 0 aromatic heterocycles. The van der Waals surface area contributed by atoms with Gasteiger partial charge in [0.05, 0.1) is 19.1 Å². The number of carboxylic acids is 1. The van der Waals surface area contributed by atoms with Crippen LogP contribution in [-0.2, 0) is 9.53 Å². The highest BCUT2D eigenvalue weighted by atomic mass is 16.5. The molecule has 92 valence electrons. The molecule has 1 saturated heterocycles. The largest absolute Gasteiger partial charge is 0.481 e. The second-order valence-corrected chi connectivity index (χ2v) is 4.16. The molecule has 4 heteroatoms. The molecule has 0 aliphatic carbocycles. The summed E-state index contributed by atoms with van der Waals surface area (Å²) in [5.41, 5.74) is 0. The molecule has 0 saturated carbocycles. The van der Waals surface area contributed by atoms with Gasteiger partial charge in [0.1, 0.15) is 0 Å². The minimum Gasteiger partial charge on any atom is -0.481 e. The van der Waals surface area contributed by atoms with Crippen LogP contribution in [0.25, 0.3) is 0 Å². The lowest BCUT2D eigenvalue weighted by molar-refractivity contribution is -0.141. The Bertz CT molecular complexity index is 224. The van der Waals surface area contributed by atoms with E-state index in [1.807, 2.05) is 0 Å². The van der Waals surface area contributed by atoms with Crippen molar-refractivity contribution in [2.24, 2.45) is 5.92 Å². The molecule has 1 rings (SSSR count). The summed E-state index contributed by atoms with van der Waals surface area (Å²) in [6.45, 7) is 8.11. The molecule has 1 aliphatic rings. The summed E-state index contributed by atoms with van der Waals surface area (Å²) in [4.78, 5) is 13.2. The van der Waals surface area contributed by atoms with Crippen LogP contribution in [0, 0.1) is 5.92 Å². The number of rotatable bonds is 7. The van der Waals surface area contributed by atoms with Gasteiger partial charge in [0.2, 0.25) is 0 Å². The van der Waals surface area contributed by atoms with E-state index in [2.05, 4.69) is 11.5 Å². The maximum atomic E-state index is 10.9. The first-order chi connectivity index (χ1) is 7.74. The molecule has 0 bridgehead atoms. The molecule has 0 aromatic rings. The number of carbonyl (C=O) groups is 1. The topological polar surface area (TPSA) is 49.8 Å². The van der Waals surface area contributed by atoms with E-state index in [1.165, 1.54) is 0 Å². The van der Waals surface area contributed by atoms with Crippen LogP contribution >= 0.6 is 0 Å². The molecule has 4 nitrogen and oxygen atoms in total. The van der Waals surface area contributed by atoms with E-state index in [4.69, 9.17) is 9.84 Å². The van der Waals surface area contributed by atoms with E-state index in [0.29, 0.717) is 6.42 Å². The Kier molecular flexibility index (Phi) is 6.11. The monoisotopic (exact) mass is 227 g/mol. The highest BCUT2D eigenvalue weighted by Gasteiger charge is 2.16. The van der Waals surface area contributed by atoms with Crippen molar-refractivity contribution in [3.05, 3.63) is 12.7 Å². The summed E-state index contributed by atoms with van der Waals surface area (Å²) in [5.74, 6) is -0.972. The van der Waals surface area contributed by atoms with Gasteiger partial charge in [-0.2, -0.15) is 0 Å². The highest BCUT2D eigenvalue weighted by Crippen LogP contribution is 2.13. The number of allylic oxidation sites excluding steroid dienone is 1. The predicted octanol–water partition coefficient (Wildman–Crippen LogP) is 1.38. The molecule has 0 aromatic carbocycles. The first kappa shape index (κ1) is 13.2. The summed E-state index contributed by atoms with van der Waals surface area (Å²) >= 11 is 0. The van der Waals surface area contributed by atoms with Crippen LogP contribution in [0.5, 0.6) is 0 Å². The van der Waals surface area contributed by atoms with Crippen molar-refractivity contribution in [1.82, 2.24) is 4.90 Å². The number of hydrogen-bond acceptors (Lipinski definition) is 3. The highest BCUT2D eigenvalue weighted by molar-refractivity contribution is 5.70. The Morgan fingerprint density at radius 1 is 1.50 bits per heavy atom. The minimum absolute atomic E-state index is 0.265. The molecule has 0 amide bonds. The van der Waals surface area contributed by atoms with Gasteiger partial charge in [-0.1, -0.05) is 6.08 Å². The van der Waals surface area contributed by atoms with Crippen molar-refractivity contribution in [2.75, 3.05) is 32.8 Å². The van der Waals surface area contributed by atoms with E-state index < -0.39 is 5.97 Å². The second-order valence-electron chi connectivity index (χ2n) is 4.16. The summed E-state index contributed by atoms with van der Waals surface area (Å²) < 4.78 is 5.25. The molecular weight excluding hydrogens is 206 g/mol. The third kappa shape index (κ3) is 4.77. The van der Waals surface area contributed by atoms with Gasteiger partial charge in [-0.25, -0.2) is 0 Å². The summed E-state index contributed by atoms with van der Waals surface area (Å²) in [6, 6.07) is 0. The Hall–Kier alpha value is -0.870. The van der Waals surface area contributed by atoms with Gasteiger partial charge in [0, 0.05) is 13.1 Å². The van der Waals surface area contributed by atoms with Crippen molar-refractivity contribution < 1.29 is 14.6 Å². The SMILES string of the molecule is C=CC[C@@H](CCCN1CCOCC1)C(=O)O. The molecular formula is C12H21NO3. The average Bonchev–Trinajstić information content (AvgIpc) is 2.29. The van der Waals surface area contributed by atoms with Crippen molar-refractivity contribution >= 4 is 5.97 Å². The van der Waals surface area contributed by atoms with Gasteiger partial charge < -0.3 is 9.84 Å². The van der Waals surface area contributed by atoms with Gasteiger partial charge in [0.15, 0.2) is 0 Å². The summed E-state index contributed by atoms with van der Waals surface area (Å²) in [7, 11) is 0. The Labute approximate surface area is 96.9 Å². The molecule has 1 N–H and O–H groups in total. The Morgan fingerprint density at radius 3 is 2.75 bits per heavy atom. The maximum absolute atomic E-state index is 10.9. The van der Waals surface area contributed by atoms with Gasteiger partial charge in [-0.3, -0.25) is 9.69 Å². The van der Waals surface area contributed by atoms with Gasteiger partial charge in [0.25, 0.3) is 0 Å². The number of aliphatic carboxylic acids is 1. The predicted molar refractivity (Wildman–Crippen MR) is 62.4 cm³/mol. The molecule has 0 unspecified atom stereocenters. The lowest BCUT2D eigenvalue weighted by Crippen LogP contribution is -2.37. The quantitative estimate of drug-likeness (QED) is 0.667. The third-order valence-corrected chi connectivity index (χ3v) is 2.93. The molecule has 1 aliphatic heterocycles. The summed E-state index contributed by atoms with van der Waals surface area (Å²) in [5, 5.41) is 8.96. The fourth-order valence-corrected chi connectivity index (χ4v) is 1.93. The van der Waals surface area contributed by atoms with Crippen LogP contribution < -0.4 is 0 Å². The van der Waals surface area contributed by atoms with E-state index >= 15 is 0 Å². The zero-order valence-electron chi connectivity index (χ0n) is 9.73. The van der Waals surface area contributed by atoms with E-state index in [1.54, 1.807) is 6.08 Å². The average molecular weight is 227 g/mol. The normalized spacial score (nSPS) is 19.2. The van der Waals surface area contributed by atoms with Crippen molar-refractivity contribution in [3.8, 4) is 0 Å². The number of morpholine rings is 1. The summed E-state index contributed by atoms with van der Waals surface area (Å²) in [6.07, 6.45) is 3.93. The van der Waals surface area contributed by atoms with Gasteiger partial charge >= 0.3 is 5.97 Å². The van der Waals surface area contributed by atoms with Gasteiger partial charge in [-0.05, 0) is 25.8 Å². The van der Waals surface area contributed by atoms with Crippen LogP contribution in [0.3, 0.4) is 0 Å². The van der Waals surface area contributed by atoms with Crippen molar-refractivity contribution in [1.29, 1.82) is 0 Å². The van der Waals surface area contributed by atoms with Crippen LogP contribution in [0.1, 0.15) is 19.3 Å². The Morgan fingerprint density at radius 2 is 2.19 bits per heavy atom. The lowest BCUT2D eigenvalue weighted by atomic mass is 9.99. The molecule has 1 atom stereocenters. The maximum Gasteiger partial charge on any atom is 0.306 e. The number of nitrogens with zero attached hydrogens (tertiary/aromatic N) is 1. The van der Waals surface area contributed by atoms with Crippen LogP contribution in [0.2, 0.25) is 0 Å². The number of carboxylic acid groups (broad SMARTS) is 1. The first-order valence-electron chi connectivity index (χ1n) is 5.88. The fourth-order valence-electron chi connectivity index (χ4n) is 1.93. The molecule has 0 spiro atoms. The minimum atomic E-state index is -0.707. The number of ether oxygens (including phenoxy) is 1. The molecule has 1 heterocycles. The van der Waals surface area contributed by atoms with Crippen molar-refractivity contribution in [2.45, 2.75) is 19.3 Å². The standard InChI is InChI=1S/C12H21NO3/c1-2-4-11(12(14)15)5-3-6-13-7-9-16-10-8-13/h2,11H,1,3-10H2,(H,14,15)/t11-/m0/s1. The van der Waals surface area contributed by atoms with Crippen LogP contribution in [-0.4, -0.2) is 48.8 Å². The molecule has 0 radical (unpaired) electrons. The molecule has 16 heavy (non-hydrogen) atoms. The smallest absolute Gasteiger partial charge is 0.306 e. The molecule has 1 fully saturated rings. The zero-order valence-corrected chi connectivity index (χ0v) is 9.73. The van der Waals surface area contributed by atoms with E-state index in [9.17, 15) is 4.79 Å². The van der Waals surface area contributed by atoms with Gasteiger partial charge in [-0.15, -0.1) is 6.58 Å². The zero-order chi connectivity index (χ0) is 11.8. The fraction of sp³-hybridized carbons (Fsp3) is 0.750. The van der Waals surface area contributed by atoms with Crippen LogP contribution in [0.15, 0.2) is 12.7 Å². The second kappa shape index (κ2) is 7.41. The van der Waals surface area contributed by atoms with Crippen molar-refractivity contribution in [3.63, 3.8) is 0 Å². The number of hydrogen-bond donors (Lipinski definition) is 1. The lowest BCUT2D eigenvalue weighted by Gasteiger charge is -2.26. The first-order valence-corrected chi connectivity index (χ1v) is 5.88.